The van der Waals surface area contributed by atoms with Gasteiger partial charge in [0.1, 0.15) is 17.5 Å². The van der Waals surface area contributed by atoms with Crippen LogP contribution >= 0.6 is 23.1 Å². The number of hydrogen-bond acceptors (Lipinski definition) is 10. The number of thioether (sulfide) groups is 1. The van der Waals surface area contributed by atoms with Crippen LogP contribution in [0.25, 0.3) is 0 Å². The molecule has 1 fully saturated rings. The number of benzene rings is 2. The van der Waals surface area contributed by atoms with Crippen molar-refractivity contribution in [3.63, 3.8) is 0 Å². The molecular weight excluding hydrogens is 544 g/mol. The third-order valence-electron chi connectivity index (χ3n) is 6.74. The number of carbonyl (C=O) groups excluding carboxylic acids is 3. The summed E-state index contributed by atoms with van der Waals surface area (Å²) < 4.78 is 22.5. The van der Waals surface area contributed by atoms with Gasteiger partial charge in [-0.05, 0) is 48.9 Å². The van der Waals surface area contributed by atoms with Crippen LogP contribution in [0.3, 0.4) is 0 Å². The summed E-state index contributed by atoms with van der Waals surface area (Å²) in [5.74, 6) is -1.18. The monoisotopic (exact) mass is 570 g/mol. The predicted octanol–water partition coefficient (Wildman–Crippen LogP) is 3.29. The minimum absolute atomic E-state index is 0.176. The fraction of sp³-hybridized carbons (Fsp3) is 0.333. The van der Waals surface area contributed by atoms with Crippen molar-refractivity contribution < 1.29 is 33.3 Å². The zero-order valence-corrected chi connectivity index (χ0v) is 23.3. The molecule has 39 heavy (non-hydrogen) atoms. The van der Waals surface area contributed by atoms with E-state index in [9.17, 15) is 19.2 Å². The number of aromatic nitrogens is 1. The lowest BCUT2D eigenvalue weighted by Gasteiger charge is -2.31. The standard InChI is InChI=1S/C27H26N2O8S2/c1-5-37-19(30)13-28-26-23(39-27(28)33)20(14-6-11-17(35-3)18(12-14)36-4)21-22(38-26)25(32)29(24(21)31)15-7-9-16(34-2)10-8-15/h6-12,20-22H,5,13H2,1-4H3/t20-,21-,22+/m0/s1. The molecule has 0 radical (unpaired) electrons. The maximum absolute atomic E-state index is 14.0. The van der Waals surface area contributed by atoms with Crippen LogP contribution in [0.4, 0.5) is 5.69 Å². The Bertz CT molecular complexity index is 1500. The summed E-state index contributed by atoms with van der Waals surface area (Å²) >= 11 is 2.11. The molecule has 2 aromatic carbocycles. The van der Waals surface area contributed by atoms with E-state index in [1.165, 1.54) is 30.8 Å². The zero-order chi connectivity index (χ0) is 27.8. The molecule has 0 N–H and O–H groups in total. The number of nitrogens with zero attached hydrogens (tertiary/aromatic N) is 2. The number of amides is 2. The van der Waals surface area contributed by atoms with Crippen LogP contribution in [0, 0.1) is 5.92 Å². The summed E-state index contributed by atoms with van der Waals surface area (Å²) in [7, 11) is 4.57. The van der Waals surface area contributed by atoms with Gasteiger partial charge in [0.25, 0.3) is 0 Å². The normalized spacial score (nSPS) is 19.9. The molecule has 3 atom stereocenters. The number of imide groups is 1. The van der Waals surface area contributed by atoms with Crippen molar-refractivity contribution in [3.8, 4) is 17.2 Å². The van der Waals surface area contributed by atoms with Crippen molar-refractivity contribution in [2.45, 2.75) is 29.7 Å². The maximum Gasteiger partial charge on any atom is 0.326 e. The van der Waals surface area contributed by atoms with Crippen LogP contribution in [-0.4, -0.2) is 55.5 Å². The highest BCUT2D eigenvalue weighted by Gasteiger charge is 2.57. The van der Waals surface area contributed by atoms with E-state index < -0.39 is 29.0 Å². The van der Waals surface area contributed by atoms with Gasteiger partial charge in [0, 0.05) is 10.8 Å². The number of esters is 1. The molecule has 0 aliphatic carbocycles. The van der Waals surface area contributed by atoms with Crippen molar-refractivity contribution in [1.82, 2.24) is 4.57 Å². The highest BCUT2D eigenvalue weighted by atomic mass is 32.2. The minimum atomic E-state index is -0.812. The molecule has 2 aliphatic heterocycles. The quantitative estimate of drug-likeness (QED) is 0.297. The molecule has 12 heteroatoms. The van der Waals surface area contributed by atoms with Crippen LogP contribution in [0.5, 0.6) is 17.2 Å². The number of thiazole rings is 1. The van der Waals surface area contributed by atoms with Crippen LogP contribution in [0.1, 0.15) is 23.3 Å². The van der Waals surface area contributed by atoms with Gasteiger partial charge >= 0.3 is 10.8 Å². The zero-order valence-electron chi connectivity index (χ0n) is 21.7. The van der Waals surface area contributed by atoms with Gasteiger partial charge in [-0.25, -0.2) is 4.90 Å². The summed E-state index contributed by atoms with van der Waals surface area (Å²) in [5.41, 5.74) is 1.12. The Morgan fingerprint density at radius 2 is 1.64 bits per heavy atom. The predicted molar refractivity (Wildman–Crippen MR) is 145 cm³/mol. The number of methoxy groups -OCH3 is 3. The van der Waals surface area contributed by atoms with Crippen molar-refractivity contribution in [2.24, 2.45) is 5.92 Å². The summed E-state index contributed by atoms with van der Waals surface area (Å²) in [5, 5.41) is -0.329. The number of rotatable bonds is 8. The lowest BCUT2D eigenvalue weighted by Crippen LogP contribution is -2.32. The number of hydrogen-bond donors (Lipinski definition) is 0. The Kier molecular flexibility index (Phi) is 7.41. The van der Waals surface area contributed by atoms with E-state index in [2.05, 4.69) is 0 Å². The Hall–Kier alpha value is -3.77. The molecule has 10 nitrogen and oxygen atoms in total. The first-order valence-corrected chi connectivity index (χ1v) is 13.8. The van der Waals surface area contributed by atoms with Gasteiger partial charge in [0.05, 0.1) is 44.6 Å². The molecule has 0 saturated carbocycles. The molecule has 2 amide bonds. The van der Waals surface area contributed by atoms with E-state index in [0.29, 0.717) is 38.4 Å². The Morgan fingerprint density at radius 1 is 0.923 bits per heavy atom. The first kappa shape index (κ1) is 26.8. The number of ether oxygens (including phenoxy) is 4. The molecule has 5 rings (SSSR count). The Morgan fingerprint density at radius 3 is 2.28 bits per heavy atom. The van der Waals surface area contributed by atoms with Crippen molar-refractivity contribution in [2.75, 3.05) is 32.8 Å². The third kappa shape index (κ3) is 4.57. The highest BCUT2D eigenvalue weighted by Crippen LogP contribution is 2.54. The van der Waals surface area contributed by atoms with Gasteiger partial charge in [0.2, 0.25) is 11.8 Å². The SMILES string of the molecule is CCOC(=O)Cn1c2c(sc1=O)[C@@H](c1ccc(OC)c(OC)c1)[C@@H]1C(=O)N(c3ccc(OC)cc3)C(=O)[C@@H]1S2. The second kappa shape index (κ2) is 10.8. The maximum atomic E-state index is 14.0. The fourth-order valence-corrected chi connectivity index (χ4v) is 7.76. The third-order valence-corrected chi connectivity index (χ3v) is 9.34. The van der Waals surface area contributed by atoms with Crippen LogP contribution < -0.4 is 24.0 Å². The van der Waals surface area contributed by atoms with E-state index in [-0.39, 0.29) is 23.9 Å². The molecule has 1 aromatic heterocycles. The number of anilines is 1. The van der Waals surface area contributed by atoms with E-state index in [1.807, 2.05) is 0 Å². The summed E-state index contributed by atoms with van der Waals surface area (Å²) in [6.07, 6.45) is 0. The van der Waals surface area contributed by atoms with E-state index in [1.54, 1.807) is 49.4 Å². The molecule has 2 aliphatic rings. The first-order valence-electron chi connectivity index (χ1n) is 12.1. The average Bonchev–Trinajstić information content (AvgIpc) is 3.39. The lowest BCUT2D eigenvalue weighted by molar-refractivity contribution is -0.144. The molecule has 0 spiro atoms. The summed E-state index contributed by atoms with van der Waals surface area (Å²) in [6.45, 7) is 1.58. The number of fused-ring (bicyclic) bond motifs is 2. The topological polar surface area (TPSA) is 113 Å². The highest BCUT2D eigenvalue weighted by molar-refractivity contribution is 8.00. The molecule has 1 saturated heterocycles. The molecule has 204 valence electrons. The van der Waals surface area contributed by atoms with Gasteiger partial charge in [-0.3, -0.25) is 23.7 Å². The summed E-state index contributed by atoms with van der Waals surface area (Å²) in [4.78, 5) is 54.6. The van der Waals surface area contributed by atoms with Gasteiger partial charge in [-0.2, -0.15) is 0 Å². The smallest absolute Gasteiger partial charge is 0.326 e. The van der Waals surface area contributed by atoms with Crippen LogP contribution in [-0.2, 0) is 25.7 Å². The Labute approximate surface area is 232 Å². The largest absolute Gasteiger partial charge is 0.497 e. The summed E-state index contributed by atoms with van der Waals surface area (Å²) in [6, 6.07) is 12.0. The average molecular weight is 571 g/mol. The minimum Gasteiger partial charge on any atom is -0.497 e. The molecule has 0 bridgehead atoms. The first-order chi connectivity index (χ1) is 18.8. The fourth-order valence-electron chi connectivity index (χ4n) is 4.98. The second-order valence-electron chi connectivity index (χ2n) is 8.79. The van der Waals surface area contributed by atoms with E-state index in [0.717, 1.165) is 23.1 Å². The molecule has 0 unspecified atom stereocenters. The van der Waals surface area contributed by atoms with Gasteiger partial charge < -0.3 is 18.9 Å². The lowest BCUT2D eigenvalue weighted by atomic mass is 9.83. The van der Waals surface area contributed by atoms with Crippen molar-refractivity contribution in [3.05, 3.63) is 62.6 Å². The Balaban J connectivity index is 1.65. The van der Waals surface area contributed by atoms with Gasteiger partial charge in [-0.1, -0.05) is 29.2 Å². The molecular formula is C27H26N2O8S2. The van der Waals surface area contributed by atoms with Crippen LogP contribution in [0.15, 0.2) is 52.3 Å². The van der Waals surface area contributed by atoms with Crippen molar-refractivity contribution >= 4 is 46.6 Å². The molecule has 3 heterocycles. The van der Waals surface area contributed by atoms with Gasteiger partial charge in [0.15, 0.2) is 11.5 Å². The van der Waals surface area contributed by atoms with E-state index >= 15 is 0 Å². The van der Waals surface area contributed by atoms with Gasteiger partial charge in [-0.15, -0.1) is 0 Å². The number of carbonyl (C=O) groups is 3. The van der Waals surface area contributed by atoms with Crippen LogP contribution in [0.2, 0.25) is 0 Å². The van der Waals surface area contributed by atoms with E-state index in [4.69, 9.17) is 18.9 Å². The van der Waals surface area contributed by atoms with Crippen molar-refractivity contribution in [1.29, 1.82) is 0 Å². The molecule has 3 aromatic rings. The second-order valence-corrected chi connectivity index (χ2v) is 10.9.